The first-order valence-corrected chi connectivity index (χ1v) is 10.5. The molecule has 0 aliphatic carbocycles. The zero-order chi connectivity index (χ0) is 21.7. The predicted octanol–water partition coefficient (Wildman–Crippen LogP) is 5.97. The number of anilines is 1. The largest absolute Gasteiger partial charge is 0.459 e. The molecule has 1 heterocycles. The van der Waals surface area contributed by atoms with Crippen LogP contribution in [0.5, 0.6) is 0 Å². The smallest absolute Gasteiger partial charge is 0.338 e. The van der Waals surface area contributed by atoms with E-state index in [2.05, 4.69) is 42.4 Å². The summed E-state index contributed by atoms with van der Waals surface area (Å²) in [7, 11) is 0. The van der Waals surface area contributed by atoms with E-state index in [1.165, 1.54) is 22.5 Å². The standard InChI is InChI=1S/C24H23N3O2S/c1-15(2)29-24(28)18-7-9-21(10-8-18)26-13-20(12-25)23-27-22(14-30-23)19-6-5-16(3)17(4)11-19/h5-11,13-15,26H,1-4H3/b20-13+. The first kappa shape index (κ1) is 21.3. The predicted molar refractivity (Wildman–Crippen MR) is 121 cm³/mol. The van der Waals surface area contributed by atoms with Crippen LogP contribution in [0.25, 0.3) is 16.8 Å². The average Bonchev–Trinajstić information content (AvgIpc) is 3.20. The van der Waals surface area contributed by atoms with Crippen LogP contribution in [0.15, 0.2) is 54.0 Å². The van der Waals surface area contributed by atoms with E-state index in [-0.39, 0.29) is 12.1 Å². The van der Waals surface area contributed by atoms with Gasteiger partial charge in [-0.05, 0) is 69.2 Å². The van der Waals surface area contributed by atoms with Crippen LogP contribution in [-0.2, 0) is 4.74 Å². The van der Waals surface area contributed by atoms with Crippen molar-refractivity contribution in [3.05, 3.63) is 75.7 Å². The molecule has 0 aliphatic heterocycles. The normalized spacial score (nSPS) is 11.3. The van der Waals surface area contributed by atoms with Gasteiger partial charge in [0.1, 0.15) is 16.6 Å². The Bertz CT molecular complexity index is 1120. The molecule has 0 unspecified atom stereocenters. The minimum absolute atomic E-state index is 0.163. The Morgan fingerprint density at radius 2 is 1.90 bits per heavy atom. The molecule has 0 aliphatic rings. The summed E-state index contributed by atoms with van der Waals surface area (Å²) in [4.78, 5) is 16.5. The number of ether oxygens (including phenoxy) is 1. The molecule has 0 saturated heterocycles. The van der Waals surface area contributed by atoms with Gasteiger partial charge in [0, 0.05) is 22.8 Å². The summed E-state index contributed by atoms with van der Waals surface area (Å²) in [5.74, 6) is -0.355. The Morgan fingerprint density at radius 3 is 2.53 bits per heavy atom. The van der Waals surface area contributed by atoms with E-state index in [0.29, 0.717) is 16.1 Å². The Kier molecular flexibility index (Phi) is 6.65. The first-order chi connectivity index (χ1) is 14.4. The second-order valence-corrected chi connectivity index (χ2v) is 8.04. The Hall–Kier alpha value is -3.43. The number of nitrogens with one attached hydrogen (secondary N) is 1. The van der Waals surface area contributed by atoms with Crippen molar-refractivity contribution >= 4 is 28.6 Å². The molecule has 6 heteroatoms. The number of thiazole rings is 1. The van der Waals surface area contributed by atoms with Gasteiger partial charge in [0.05, 0.1) is 17.4 Å². The molecule has 3 rings (SSSR count). The van der Waals surface area contributed by atoms with Crippen LogP contribution < -0.4 is 5.32 Å². The van der Waals surface area contributed by atoms with Gasteiger partial charge in [-0.25, -0.2) is 9.78 Å². The van der Waals surface area contributed by atoms with Gasteiger partial charge in [-0.2, -0.15) is 5.26 Å². The van der Waals surface area contributed by atoms with Gasteiger partial charge in [-0.3, -0.25) is 0 Å². The van der Waals surface area contributed by atoms with Crippen molar-refractivity contribution in [2.24, 2.45) is 0 Å². The third kappa shape index (κ3) is 5.13. The van der Waals surface area contributed by atoms with Gasteiger partial charge in [-0.15, -0.1) is 11.3 Å². The van der Waals surface area contributed by atoms with Gasteiger partial charge in [-0.1, -0.05) is 12.1 Å². The van der Waals surface area contributed by atoms with E-state index in [0.717, 1.165) is 16.9 Å². The number of hydrogen-bond donors (Lipinski definition) is 1. The van der Waals surface area contributed by atoms with E-state index in [9.17, 15) is 10.1 Å². The van der Waals surface area contributed by atoms with Gasteiger partial charge < -0.3 is 10.1 Å². The third-order valence-electron chi connectivity index (χ3n) is 4.50. The summed E-state index contributed by atoms with van der Waals surface area (Å²) >= 11 is 1.43. The summed E-state index contributed by atoms with van der Waals surface area (Å²) in [6.07, 6.45) is 1.47. The van der Waals surface area contributed by atoms with E-state index in [4.69, 9.17) is 4.74 Å². The second kappa shape index (κ2) is 9.38. The fourth-order valence-corrected chi connectivity index (χ4v) is 3.51. The summed E-state index contributed by atoms with van der Waals surface area (Å²) < 4.78 is 5.18. The molecular formula is C24H23N3O2S. The van der Waals surface area contributed by atoms with Gasteiger partial charge in [0.15, 0.2) is 0 Å². The van der Waals surface area contributed by atoms with E-state index in [1.807, 2.05) is 25.3 Å². The molecule has 0 fully saturated rings. The number of carbonyl (C=O) groups excluding carboxylic acids is 1. The molecule has 0 amide bonds. The summed E-state index contributed by atoms with van der Waals surface area (Å²) in [5.41, 5.74) is 6.02. The molecule has 0 saturated carbocycles. The van der Waals surface area contributed by atoms with Crippen molar-refractivity contribution in [1.29, 1.82) is 5.26 Å². The number of hydrogen-bond acceptors (Lipinski definition) is 6. The van der Waals surface area contributed by atoms with E-state index < -0.39 is 0 Å². The SMILES string of the molecule is Cc1ccc(-c2csc(/C(C#N)=C/Nc3ccc(C(=O)OC(C)C)cc3)n2)cc1C. The minimum Gasteiger partial charge on any atom is -0.459 e. The monoisotopic (exact) mass is 417 g/mol. The van der Waals surface area contributed by atoms with Crippen molar-refractivity contribution in [3.8, 4) is 17.3 Å². The van der Waals surface area contributed by atoms with Crippen LogP contribution >= 0.6 is 11.3 Å². The highest BCUT2D eigenvalue weighted by atomic mass is 32.1. The van der Waals surface area contributed by atoms with Gasteiger partial charge >= 0.3 is 5.97 Å². The number of nitrogens with zero attached hydrogens (tertiary/aromatic N) is 2. The highest BCUT2D eigenvalue weighted by Gasteiger charge is 2.11. The number of allylic oxidation sites excluding steroid dienone is 1. The number of benzene rings is 2. The zero-order valence-corrected chi connectivity index (χ0v) is 18.2. The van der Waals surface area contributed by atoms with E-state index >= 15 is 0 Å². The fourth-order valence-electron chi connectivity index (χ4n) is 2.71. The fraction of sp³-hybridized carbons (Fsp3) is 0.208. The van der Waals surface area contributed by atoms with Crippen LogP contribution in [0, 0.1) is 25.2 Å². The highest BCUT2D eigenvalue weighted by molar-refractivity contribution is 7.11. The van der Waals surface area contributed by atoms with Crippen LogP contribution in [0.1, 0.15) is 40.3 Å². The molecule has 1 N–H and O–H groups in total. The second-order valence-electron chi connectivity index (χ2n) is 7.18. The molecule has 152 valence electrons. The van der Waals surface area contributed by atoms with Crippen LogP contribution in [-0.4, -0.2) is 17.1 Å². The topological polar surface area (TPSA) is 75.0 Å². The summed E-state index contributed by atoms with van der Waals surface area (Å²) in [6, 6.07) is 15.3. The number of aryl methyl sites for hydroxylation is 2. The Labute approximate surface area is 180 Å². The van der Waals surface area contributed by atoms with Crippen molar-refractivity contribution in [1.82, 2.24) is 4.98 Å². The first-order valence-electron chi connectivity index (χ1n) is 9.58. The minimum atomic E-state index is -0.355. The lowest BCUT2D eigenvalue weighted by atomic mass is 10.1. The van der Waals surface area contributed by atoms with E-state index in [1.54, 1.807) is 30.5 Å². The summed E-state index contributed by atoms with van der Waals surface area (Å²) in [5, 5.41) is 15.3. The lowest BCUT2D eigenvalue weighted by Gasteiger charge is -2.08. The maximum atomic E-state index is 11.9. The lowest BCUT2D eigenvalue weighted by molar-refractivity contribution is 0.0378. The lowest BCUT2D eigenvalue weighted by Crippen LogP contribution is -2.11. The van der Waals surface area contributed by atoms with Gasteiger partial charge in [0.25, 0.3) is 0 Å². The van der Waals surface area contributed by atoms with Crippen molar-refractivity contribution < 1.29 is 9.53 Å². The number of carbonyl (C=O) groups is 1. The maximum absolute atomic E-state index is 11.9. The van der Waals surface area contributed by atoms with Crippen molar-refractivity contribution in [2.75, 3.05) is 5.32 Å². The Balaban J connectivity index is 1.73. The molecule has 2 aromatic carbocycles. The Morgan fingerprint density at radius 1 is 1.17 bits per heavy atom. The molecule has 0 atom stereocenters. The molecule has 0 radical (unpaired) electrons. The third-order valence-corrected chi connectivity index (χ3v) is 5.38. The number of aromatic nitrogens is 1. The van der Waals surface area contributed by atoms with Crippen molar-refractivity contribution in [3.63, 3.8) is 0 Å². The summed E-state index contributed by atoms with van der Waals surface area (Å²) in [6.45, 7) is 7.77. The number of esters is 1. The molecular weight excluding hydrogens is 394 g/mol. The van der Waals surface area contributed by atoms with Gasteiger partial charge in [0.2, 0.25) is 0 Å². The highest BCUT2D eigenvalue weighted by Crippen LogP contribution is 2.27. The van der Waals surface area contributed by atoms with Crippen molar-refractivity contribution in [2.45, 2.75) is 33.8 Å². The molecule has 0 spiro atoms. The number of rotatable bonds is 6. The van der Waals surface area contributed by atoms with Crippen LogP contribution in [0.2, 0.25) is 0 Å². The molecule has 5 nitrogen and oxygen atoms in total. The molecule has 1 aromatic heterocycles. The zero-order valence-electron chi connectivity index (χ0n) is 17.4. The quantitative estimate of drug-likeness (QED) is 0.395. The molecule has 30 heavy (non-hydrogen) atoms. The van der Waals surface area contributed by atoms with Crippen LogP contribution in [0.4, 0.5) is 5.69 Å². The average molecular weight is 418 g/mol. The number of nitriles is 1. The van der Waals surface area contributed by atoms with Crippen LogP contribution in [0.3, 0.4) is 0 Å². The molecule has 3 aromatic rings. The molecule has 0 bridgehead atoms. The maximum Gasteiger partial charge on any atom is 0.338 e.